The van der Waals surface area contributed by atoms with Crippen molar-refractivity contribution in [1.82, 2.24) is 14.2 Å². The number of hydrogen-bond donors (Lipinski definition) is 2. The summed E-state index contributed by atoms with van der Waals surface area (Å²) in [5, 5.41) is 11.5. The molecule has 0 radical (unpaired) electrons. The molecule has 2 fully saturated rings. The summed E-state index contributed by atoms with van der Waals surface area (Å²) in [4.78, 5) is 19.0. The number of hydrogen-bond acceptors (Lipinski definition) is 5. The van der Waals surface area contributed by atoms with E-state index in [1.165, 1.54) is 10.6 Å². The average molecular weight is 476 g/mol. The van der Waals surface area contributed by atoms with Gasteiger partial charge in [-0.3, -0.25) is 4.79 Å². The number of rotatable bonds is 4. The number of aromatic amines is 1. The Morgan fingerprint density at radius 2 is 1.94 bits per heavy atom. The second kappa shape index (κ2) is 8.29. The van der Waals surface area contributed by atoms with E-state index in [1.54, 1.807) is 7.11 Å². The number of carbonyl (C=O) groups is 1. The van der Waals surface area contributed by atoms with Crippen LogP contribution in [0.2, 0.25) is 0 Å². The van der Waals surface area contributed by atoms with Gasteiger partial charge in [0.15, 0.2) is 0 Å². The second-order valence-electron chi connectivity index (χ2n) is 9.91. The van der Waals surface area contributed by atoms with Crippen LogP contribution in [0.25, 0.3) is 10.9 Å². The number of fused-ring (bicyclic) bond motifs is 4. The van der Waals surface area contributed by atoms with E-state index >= 15 is 0 Å². The topological polar surface area (TPSA) is 103 Å². The molecule has 1 aliphatic carbocycles. The number of nitrogens with one attached hydrogen (secondary N) is 1. The van der Waals surface area contributed by atoms with Gasteiger partial charge in [-0.15, -0.1) is 0 Å². The van der Waals surface area contributed by atoms with Gasteiger partial charge in [0.25, 0.3) is 0 Å². The predicted molar refractivity (Wildman–Crippen MR) is 126 cm³/mol. The molecule has 33 heavy (non-hydrogen) atoms. The van der Waals surface area contributed by atoms with Crippen molar-refractivity contribution in [3.8, 4) is 5.75 Å². The normalized spacial score (nSPS) is 23.8. The number of methoxy groups -OCH3 is 1. The van der Waals surface area contributed by atoms with Crippen LogP contribution in [-0.4, -0.2) is 73.2 Å². The van der Waals surface area contributed by atoms with Gasteiger partial charge in [0.05, 0.1) is 26.0 Å². The van der Waals surface area contributed by atoms with Crippen LogP contribution < -0.4 is 4.74 Å². The third kappa shape index (κ3) is 3.74. The number of H-pyrrole nitrogens is 1. The molecule has 1 spiro atoms. The quantitative estimate of drug-likeness (QED) is 0.707. The van der Waals surface area contributed by atoms with Crippen LogP contribution in [0, 0.1) is 5.92 Å². The molecule has 1 saturated heterocycles. The highest BCUT2D eigenvalue weighted by Gasteiger charge is 2.50. The molecule has 180 valence electrons. The third-order valence-electron chi connectivity index (χ3n) is 8.06. The zero-order chi connectivity index (χ0) is 23.4. The number of aliphatic hydroxyl groups is 1. The molecule has 8 nitrogen and oxygen atoms in total. The maximum absolute atomic E-state index is 13.6. The molecular formula is C24H33N3O5S. The predicted octanol–water partition coefficient (Wildman–Crippen LogP) is 2.54. The first-order chi connectivity index (χ1) is 15.8. The van der Waals surface area contributed by atoms with Gasteiger partial charge in [0, 0.05) is 53.6 Å². The molecule has 0 unspecified atom stereocenters. The summed E-state index contributed by atoms with van der Waals surface area (Å²) in [6.45, 7) is 1.21. The Labute approximate surface area is 194 Å². The highest BCUT2D eigenvalue weighted by atomic mass is 32.2. The molecule has 9 heteroatoms. The lowest BCUT2D eigenvalue weighted by molar-refractivity contribution is -0.141. The Morgan fingerprint density at radius 3 is 2.55 bits per heavy atom. The summed E-state index contributed by atoms with van der Waals surface area (Å²) >= 11 is 0. The number of nitrogens with zero attached hydrogens (tertiary/aromatic N) is 2. The van der Waals surface area contributed by atoms with Gasteiger partial charge < -0.3 is 19.7 Å². The summed E-state index contributed by atoms with van der Waals surface area (Å²) < 4.78 is 31.3. The highest BCUT2D eigenvalue weighted by molar-refractivity contribution is 7.88. The first-order valence-electron chi connectivity index (χ1n) is 11.8. The smallest absolute Gasteiger partial charge is 0.226 e. The number of aromatic nitrogens is 1. The zero-order valence-electron chi connectivity index (χ0n) is 19.3. The van der Waals surface area contributed by atoms with Crippen LogP contribution in [0.5, 0.6) is 5.75 Å². The highest BCUT2D eigenvalue weighted by Crippen LogP contribution is 2.50. The van der Waals surface area contributed by atoms with Crippen molar-refractivity contribution in [1.29, 1.82) is 0 Å². The van der Waals surface area contributed by atoms with Gasteiger partial charge in [-0.2, -0.15) is 0 Å². The molecule has 1 aromatic carbocycles. The van der Waals surface area contributed by atoms with Crippen LogP contribution in [0.4, 0.5) is 0 Å². The van der Waals surface area contributed by atoms with Gasteiger partial charge in [0.2, 0.25) is 15.9 Å². The maximum Gasteiger partial charge on any atom is 0.226 e. The molecular weight excluding hydrogens is 442 g/mol. The number of benzene rings is 1. The molecule has 5 rings (SSSR count). The lowest BCUT2D eigenvalue weighted by Crippen LogP contribution is -2.56. The van der Waals surface area contributed by atoms with Crippen LogP contribution in [-0.2, 0) is 20.2 Å². The molecule has 0 bridgehead atoms. The Bertz CT molecular complexity index is 1160. The summed E-state index contributed by atoms with van der Waals surface area (Å²) in [7, 11) is -1.64. The summed E-state index contributed by atoms with van der Waals surface area (Å²) in [5.74, 6) is 0.873. The van der Waals surface area contributed by atoms with E-state index in [4.69, 9.17) is 4.74 Å². The number of piperidine rings is 1. The van der Waals surface area contributed by atoms with E-state index in [1.807, 2.05) is 23.1 Å². The van der Waals surface area contributed by atoms with Crippen molar-refractivity contribution in [2.45, 2.75) is 50.0 Å². The largest absolute Gasteiger partial charge is 0.497 e. The van der Waals surface area contributed by atoms with Crippen LogP contribution in [0.1, 0.15) is 55.8 Å². The summed E-state index contributed by atoms with van der Waals surface area (Å²) in [6.07, 6.45) is 6.47. The molecule has 1 aromatic heterocycles. The zero-order valence-corrected chi connectivity index (χ0v) is 20.2. The second-order valence-corrected chi connectivity index (χ2v) is 11.9. The first kappa shape index (κ1) is 22.7. The minimum Gasteiger partial charge on any atom is -0.497 e. The number of aliphatic hydroxyl groups excluding tert-OH is 1. The maximum atomic E-state index is 13.6. The Kier molecular flexibility index (Phi) is 5.69. The van der Waals surface area contributed by atoms with Gasteiger partial charge in [-0.05, 0) is 43.4 Å². The SMILES string of the molecule is COc1ccc2c3c([nH]c2c1)[C@H](CO)N(C(=O)C1CCCC1)CC31CCN(S(C)(=O)=O)CC1. The molecule has 1 amide bonds. The van der Waals surface area contributed by atoms with Crippen LogP contribution in [0.3, 0.4) is 0 Å². The van der Waals surface area contributed by atoms with Crippen LogP contribution >= 0.6 is 0 Å². The standard InChI is InChI=1S/C24H33N3O5S/c1-32-17-7-8-18-19(13-17)25-22-20(14-28)27(23(29)16-5-3-4-6-16)15-24(21(18)22)9-11-26(12-10-24)33(2,30)31/h7-8,13,16,20,25,28H,3-6,9-12,14-15H2,1-2H3/t20-/m0/s1. The Balaban J connectivity index is 1.63. The van der Waals surface area contributed by atoms with Crippen molar-refractivity contribution in [2.24, 2.45) is 5.92 Å². The molecule has 1 saturated carbocycles. The third-order valence-corrected chi connectivity index (χ3v) is 9.36. The number of carbonyl (C=O) groups excluding carboxylic acids is 1. The molecule has 2 aliphatic heterocycles. The van der Waals surface area contributed by atoms with Gasteiger partial charge >= 0.3 is 0 Å². The molecule has 2 aromatic rings. The Morgan fingerprint density at radius 1 is 1.24 bits per heavy atom. The Hall–Kier alpha value is -2.10. The van der Waals surface area contributed by atoms with E-state index in [0.29, 0.717) is 32.5 Å². The average Bonchev–Trinajstić information content (AvgIpc) is 3.46. The van der Waals surface area contributed by atoms with E-state index in [0.717, 1.165) is 53.6 Å². The minimum absolute atomic E-state index is 0.0123. The molecule has 3 heterocycles. The van der Waals surface area contributed by atoms with Gasteiger partial charge in [-0.1, -0.05) is 12.8 Å². The van der Waals surface area contributed by atoms with Crippen molar-refractivity contribution in [2.75, 3.05) is 39.6 Å². The first-order valence-corrected chi connectivity index (χ1v) is 13.7. The fourth-order valence-electron chi connectivity index (χ4n) is 6.30. The van der Waals surface area contributed by atoms with E-state index in [9.17, 15) is 18.3 Å². The fraction of sp³-hybridized carbons (Fsp3) is 0.625. The number of sulfonamides is 1. The monoisotopic (exact) mass is 475 g/mol. The summed E-state index contributed by atoms with van der Waals surface area (Å²) in [6, 6.07) is 5.49. The van der Waals surface area contributed by atoms with E-state index in [2.05, 4.69) is 4.98 Å². The lowest BCUT2D eigenvalue weighted by Gasteiger charge is -2.50. The molecule has 3 aliphatic rings. The lowest BCUT2D eigenvalue weighted by atomic mass is 9.68. The van der Waals surface area contributed by atoms with Crippen LogP contribution in [0.15, 0.2) is 18.2 Å². The fourth-order valence-corrected chi connectivity index (χ4v) is 7.15. The number of ether oxygens (including phenoxy) is 1. The van der Waals surface area contributed by atoms with E-state index < -0.39 is 16.1 Å². The van der Waals surface area contributed by atoms with Crippen molar-refractivity contribution in [3.63, 3.8) is 0 Å². The minimum atomic E-state index is -3.27. The van der Waals surface area contributed by atoms with Gasteiger partial charge in [-0.25, -0.2) is 12.7 Å². The van der Waals surface area contributed by atoms with Crippen molar-refractivity contribution < 1.29 is 23.1 Å². The molecule has 2 N–H and O–H groups in total. The van der Waals surface area contributed by atoms with E-state index in [-0.39, 0.29) is 23.8 Å². The number of amides is 1. The summed E-state index contributed by atoms with van der Waals surface area (Å²) in [5.41, 5.74) is 2.57. The van der Waals surface area contributed by atoms with Gasteiger partial charge in [0.1, 0.15) is 5.75 Å². The van der Waals surface area contributed by atoms with Crippen molar-refractivity contribution >= 4 is 26.8 Å². The van der Waals surface area contributed by atoms with Crippen molar-refractivity contribution in [3.05, 3.63) is 29.5 Å². The molecule has 1 atom stereocenters.